The van der Waals surface area contributed by atoms with E-state index in [1.165, 1.54) is 6.20 Å². The van der Waals surface area contributed by atoms with Crippen LogP contribution in [-0.4, -0.2) is 35.1 Å². The van der Waals surface area contributed by atoms with Crippen LogP contribution in [0.4, 0.5) is 5.82 Å². The van der Waals surface area contributed by atoms with Crippen molar-refractivity contribution in [3.05, 3.63) is 17.6 Å². The molecule has 0 saturated carbocycles. The van der Waals surface area contributed by atoms with Crippen LogP contribution in [0.1, 0.15) is 16.2 Å². The summed E-state index contributed by atoms with van der Waals surface area (Å²) in [6.45, 7) is 1.83. The van der Waals surface area contributed by atoms with Crippen molar-refractivity contribution in [2.75, 3.05) is 19.0 Å². The van der Waals surface area contributed by atoms with Gasteiger partial charge in [-0.3, -0.25) is 0 Å². The molecule has 1 aromatic rings. The van der Waals surface area contributed by atoms with E-state index >= 15 is 0 Å². The fourth-order valence-corrected chi connectivity index (χ4v) is 0.989. The molecule has 0 bridgehead atoms. The number of aromatic nitrogens is 2. The van der Waals surface area contributed by atoms with E-state index in [2.05, 4.69) is 9.97 Å². The molecule has 0 aliphatic heterocycles. The lowest BCUT2D eigenvalue weighted by atomic mass is 10.3. The Morgan fingerprint density at radius 3 is 2.62 bits per heavy atom. The number of rotatable bonds is 2. The van der Waals surface area contributed by atoms with Crippen LogP contribution in [0.5, 0.6) is 0 Å². The van der Waals surface area contributed by atoms with Gasteiger partial charge in [-0.25, -0.2) is 14.8 Å². The second-order valence-electron chi connectivity index (χ2n) is 2.90. The average Bonchev–Trinajstić information content (AvgIpc) is 2.04. The summed E-state index contributed by atoms with van der Waals surface area (Å²) in [5, 5.41) is 8.64. The molecule has 13 heavy (non-hydrogen) atoms. The van der Waals surface area contributed by atoms with E-state index in [1.807, 2.05) is 6.92 Å². The summed E-state index contributed by atoms with van der Waals surface area (Å²) in [4.78, 5) is 19.9. The van der Waals surface area contributed by atoms with Crippen molar-refractivity contribution in [1.82, 2.24) is 9.97 Å². The molecule has 0 fully saturated rings. The summed E-state index contributed by atoms with van der Waals surface area (Å²) in [6, 6.07) is 0. The quantitative estimate of drug-likeness (QED) is 0.721. The first kappa shape index (κ1) is 9.44. The maximum absolute atomic E-state index is 10.5. The van der Waals surface area contributed by atoms with Crippen LogP contribution in [0, 0.1) is 6.92 Å². The van der Waals surface area contributed by atoms with E-state index in [9.17, 15) is 4.79 Å². The molecule has 0 unspecified atom stereocenters. The molecular formula is C8H11N3O2. The van der Waals surface area contributed by atoms with Crippen molar-refractivity contribution in [2.24, 2.45) is 0 Å². The fourth-order valence-electron chi connectivity index (χ4n) is 0.989. The predicted octanol–water partition coefficient (Wildman–Crippen LogP) is 0.549. The van der Waals surface area contributed by atoms with Gasteiger partial charge in [0.15, 0.2) is 0 Å². The first-order chi connectivity index (χ1) is 6.02. The Kier molecular flexibility index (Phi) is 2.46. The number of hydrogen-bond acceptors (Lipinski definition) is 4. The minimum atomic E-state index is -1.11. The lowest BCUT2D eigenvalue weighted by molar-refractivity contribution is 0.0683. The minimum Gasteiger partial charge on any atom is -0.475 e. The Morgan fingerprint density at radius 1 is 1.54 bits per heavy atom. The van der Waals surface area contributed by atoms with E-state index in [0.29, 0.717) is 5.82 Å². The van der Waals surface area contributed by atoms with Gasteiger partial charge in [-0.15, -0.1) is 0 Å². The van der Waals surface area contributed by atoms with E-state index < -0.39 is 5.97 Å². The molecule has 0 aliphatic rings. The molecule has 0 aromatic carbocycles. The predicted molar refractivity (Wildman–Crippen MR) is 48.1 cm³/mol. The highest BCUT2D eigenvalue weighted by Crippen LogP contribution is 2.12. The number of carboxylic acids is 1. The molecule has 1 heterocycles. The Labute approximate surface area is 76.0 Å². The number of nitrogens with zero attached hydrogens (tertiary/aromatic N) is 3. The van der Waals surface area contributed by atoms with E-state index in [0.717, 1.165) is 5.56 Å². The molecule has 1 aromatic heterocycles. The Hall–Kier alpha value is -1.65. The van der Waals surface area contributed by atoms with Gasteiger partial charge in [0.05, 0.1) is 0 Å². The standard InChI is InChI=1S/C8H11N3O2/c1-5-4-9-6(8(12)13)10-7(5)11(2)3/h4H,1-3H3,(H,12,13). The third-order valence-electron chi connectivity index (χ3n) is 1.56. The van der Waals surface area contributed by atoms with Crippen LogP contribution >= 0.6 is 0 Å². The van der Waals surface area contributed by atoms with Gasteiger partial charge in [0.25, 0.3) is 0 Å². The molecule has 0 atom stereocenters. The van der Waals surface area contributed by atoms with Crippen molar-refractivity contribution >= 4 is 11.8 Å². The summed E-state index contributed by atoms with van der Waals surface area (Å²) in [7, 11) is 3.61. The van der Waals surface area contributed by atoms with Gasteiger partial charge >= 0.3 is 5.97 Å². The SMILES string of the molecule is Cc1cnc(C(=O)O)nc1N(C)C. The summed E-state index contributed by atoms with van der Waals surface area (Å²) in [6.07, 6.45) is 1.51. The third-order valence-corrected chi connectivity index (χ3v) is 1.56. The highest BCUT2D eigenvalue weighted by molar-refractivity contribution is 5.83. The van der Waals surface area contributed by atoms with Crippen LogP contribution in [-0.2, 0) is 0 Å². The number of hydrogen-bond donors (Lipinski definition) is 1. The van der Waals surface area contributed by atoms with Gasteiger partial charge in [-0.1, -0.05) is 0 Å². The molecular weight excluding hydrogens is 170 g/mol. The maximum atomic E-state index is 10.5. The highest BCUT2D eigenvalue weighted by Gasteiger charge is 2.10. The number of aromatic carboxylic acids is 1. The zero-order valence-electron chi connectivity index (χ0n) is 7.77. The number of carbonyl (C=O) groups is 1. The van der Waals surface area contributed by atoms with E-state index in [4.69, 9.17) is 5.11 Å². The molecule has 0 amide bonds. The Morgan fingerprint density at radius 2 is 2.15 bits per heavy atom. The topological polar surface area (TPSA) is 66.3 Å². The molecule has 0 radical (unpaired) electrons. The zero-order chi connectivity index (χ0) is 10.0. The number of aryl methyl sites for hydroxylation is 1. The maximum Gasteiger partial charge on any atom is 0.374 e. The van der Waals surface area contributed by atoms with E-state index in [-0.39, 0.29) is 5.82 Å². The molecule has 0 aliphatic carbocycles. The molecule has 5 heteroatoms. The van der Waals surface area contributed by atoms with Crippen LogP contribution in [0.3, 0.4) is 0 Å². The molecule has 0 saturated heterocycles. The van der Waals surface area contributed by atoms with Crippen molar-refractivity contribution in [3.8, 4) is 0 Å². The van der Waals surface area contributed by atoms with Crippen molar-refractivity contribution in [3.63, 3.8) is 0 Å². The lowest BCUT2D eigenvalue weighted by Crippen LogP contribution is -2.15. The monoisotopic (exact) mass is 181 g/mol. The molecule has 70 valence electrons. The van der Waals surface area contributed by atoms with Crippen molar-refractivity contribution < 1.29 is 9.90 Å². The summed E-state index contributed by atoms with van der Waals surface area (Å²) < 4.78 is 0. The van der Waals surface area contributed by atoms with Crippen molar-refractivity contribution in [1.29, 1.82) is 0 Å². The van der Waals surface area contributed by atoms with Crippen LogP contribution in [0.2, 0.25) is 0 Å². The fraction of sp³-hybridized carbons (Fsp3) is 0.375. The first-order valence-corrected chi connectivity index (χ1v) is 3.76. The van der Waals surface area contributed by atoms with Gasteiger partial charge in [0, 0.05) is 25.9 Å². The molecule has 1 N–H and O–H groups in total. The summed E-state index contributed by atoms with van der Waals surface area (Å²) in [5.74, 6) is -0.648. The number of carboxylic acid groups (broad SMARTS) is 1. The normalized spacial score (nSPS) is 9.77. The van der Waals surface area contributed by atoms with Gasteiger partial charge in [-0.2, -0.15) is 0 Å². The smallest absolute Gasteiger partial charge is 0.374 e. The lowest BCUT2D eigenvalue weighted by Gasteiger charge is -2.13. The highest BCUT2D eigenvalue weighted by atomic mass is 16.4. The number of anilines is 1. The Bertz CT molecular complexity index is 336. The largest absolute Gasteiger partial charge is 0.475 e. The second kappa shape index (κ2) is 3.38. The first-order valence-electron chi connectivity index (χ1n) is 3.76. The van der Waals surface area contributed by atoms with Gasteiger partial charge in [0.2, 0.25) is 5.82 Å². The average molecular weight is 181 g/mol. The zero-order valence-corrected chi connectivity index (χ0v) is 7.77. The molecule has 1 rings (SSSR count). The molecule has 0 spiro atoms. The van der Waals surface area contributed by atoms with Gasteiger partial charge in [0.1, 0.15) is 5.82 Å². The third kappa shape index (κ3) is 1.93. The Balaban J connectivity index is 3.19. The summed E-state index contributed by atoms with van der Waals surface area (Å²) in [5.41, 5.74) is 0.856. The van der Waals surface area contributed by atoms with Gasteiger partial charge in [-0.05, 0) is 6.92 Å². The summed E-state index contributed by atoms with van der Waals surface area (Å²) >= 11 is 0. The van der Waals surface area contributed by atoms with Gasteiger partial charge < -0.3 is 10.0 Å². The minimum absolute atomic E-state index is 0.172. The van der Waals surface area contributed by atoms with Crippen LogP contribution < -0.4 is 4.90 Å². The molecule has 5 nitrogen and oxygen atoms in total. The van der Waals surface area contributed by atoms with E-state index in [1.54, 1.807) is 19.0 Å². The van der Waals surface area contributed by atoms with Crippen LogP contribution in [0.15, 0.2) is 6.20 Å². The van der Waals surface area contributed by atoms with Crippen LogP contribution in [0.25, 0.3) is 0 Å². The second-order valence-corrected chi connectivity index (χ2v) is 2.90. The van der Waals surface area contributed by atoms with Crippen molar-refractivity contribution in [2.45, 2.75) is 6.92 Å².